The number of ether oxygens (including phenoxy) is 2. The fourth-order valence-electron chi connectivity index (χ4n) is 5.52. The summed E-state index contributed by atoms with van der Waals surface area (Å²) in [4.78, 5) is 28.3. The largest absolute Gasteiger partial charge is 0.488 e. The van der Waals surface area contributed by atoms with Gasteiger partial charge in [-0.15, -0.1) is 5.10 Å². The number of nitrogens with zero attached hydrogens (tertiary/aromatic N) is 6. The number of carbonyl (C=O) groups is 1. The van der Waals surface area contributed by atoms with Gasteiger partial charge in [0.1, 0.15) is 23.5 Å². The Labute approximate surface area is 237 Å². The molecule has 0 unspecified atom stereocenters. The van der Waals surface area contributed by atoms with Crippen LogP contribution in [-0.2, 0) is 9.53 Å². The second-order valence-electron chi connectivity index (χ2n) is 11.2. The van der Waals surface area contributed by atoms with Crippen LogP contribution in [0.2, 0.25) is 0 Å². The highest BCUT2D eigenvalue weighted by Gasteiger charge is 2.46. The number of aryl methyl sites for hydroxylation is 2. The number of anilines is 1. The highest BCUT2D eigenvalue weighted by atomic mass is 19.1. The summed E-state index contributed by atoms with van der Waals surface area (Å²) in [6.07, 6.45) is 8.84. The molecule has 4 atom stereocenters. The van der Waals surface area contributed by atoms with E-state index in [4.69, 9.17) is 9.47 Å². The van der Waals surface area contributed by atoms with Crippen molar-refractivity contribution in [3.63, 3.8) is 0 Å². The van der Waals surface area contributed by atoms with Gasteiger partial charge in [0, 0.05) is 73.2 Å². The third-order valence-corrected chi connectivity index (χ3v) is 7.97. The van der Waals surface area contributed by atoms with Crippen molar-refractivity contribution in [3.05, 3.63) is 65.9 Å². The number of nitrogens with one attached hydrogen (secondary N) is 1. The number of methoxy groups -OCH3 is 1. The average Bonchev–Trinajstić information content (AvgIpc) is 3.66. The van der Waals surface area contributed by atoms with Gasteiger partial charge in [-0.1, -0.05) is 0 Å². The van der Waals surface area contributed by atoms with Crippen LogP contribution in [0.4, 0.5) is 10.2 Å². The zero-order valence-electron chi connectivity index (χ0n) is 23.7. The predicted molar refractivity (Wildman–Crippen MR) is 151 cm³/mol. The number of likely N-dealkylation sites (N-methyl/N-ethyl adjacent to an activating group) is 1. The molecule has 1 saturated carbocycles. The number of piperidine rings is 1. The number of carbonyl (C=O) groups excluding carboxylic acids is 1. The Morgan fingerprint density at radius 3 is 2.68 bits per heavy atom. The molecular weight excluding hydrogens is 525 g/mol. The molecule has 2 fully saturated rings. The zero-order valence-corrected chi connectivity index (χ0v) is 23.7. The number of hydrogen-bond acceptors (Lipinski definition) is 8. The lowest BCUT2D eigenvalue weighted by Crippen LogP contribution is -2.45. The van der Waals surface area contributed by atoms with Gasteiger partial charge >= 0.3 is 0 Å². The maximum Gasteiger partial charge on any atom is 0.229 e. The molecule has 214 valence electrons. The van der Waals surface area contributed by atoms with E-state index in [1.165, 1.54) is 10.7 Å². The van der Waals surface area contributed by atoms with Crippen LogP contribution in [0.1, 0.15) is 42.3 Å². The summed E-state index contributed by atoms with van der Waals surface area (Å²) in [5, 5.41) is 7.27. The first-order chi connectivity index (χ1) is 19.8. The van der Waals surface area contributed by atoms with Crippen LogP contribution in [0, 0.1) is 25.6 Å². The van der Waals surface area contributed by atoms with E-state index in [9.17, 15) is 4.79 Å². The Morgan fingerprint density at radius 1 is 1.10 bits per heavy atom. The molecule has 0 spiro atoms. The number of amides is 1. The highest BCUT2D eigenvalue weighted by molar-refractivity contribution is 5.95. The Kier molecular flexibility index (Phi) is 7.39. The predicted octanol–water partition coefficient (Wildman–Crippen LogP) is 4.17. The molecule has 1 amide bonds. The molecule has 6 rings (SSSR count). The molecule has 1 N–H and O–H groups in total. The fourth-order valence-corrected chi connectivity index (χ4v) is 5.52. The number of hydrogen-bond donors (Lipinski definition) is 1. The van der Waals surface area contributed by atoms with Crippen LogP contribution in [0.3, 0.4) is 0 Å². The molecule has 11 heteroatoms. The van der Waals surface area contributed by atoms with Crippen LogP contribution in [0.25, 0.3) is 16.6 Å². The lowest BCUT2D eigenvalue weighted by atomic mass is 10.00. The van der Waals surface area contributed by atoms with Gasteiger partial charge in [0.15, 0.2) is 5.82 Å². The van der Waals surface area contributed by atoms with Gasteiger partial charge in [-0.25, -0.2) is 18.9 Å². The van der Waals surface area contributed by atoms with Crippen LogP contribution >= 0.6 is 0 Å². The highest BCUT2D eigenvalue weighted by Crippen LogP contribution is 2.46. The molecular formula is C30H34FN7O3. The van der Waals surface area contributed by atoms with Gasteiger partial charge in [-0.3, -0.25) is 9.78 Å². The lowest BCUT2D eigenvalue weighted by Gasteiger charge is -2.36. The Morgan fingerprint density at radius 2 is 1.90 bits per heavy atom. The van der Waals surface area contributed by atoms with Crippen molar-refractivity contribution in [2.24, 2.45) is 5.92 Å². The topological polar surface area (TPSA) is 107 Å². The van der Waals surface area contributed by atoms with E-state index in [1.807, 2.05) is 19.9 Å². The third kappa shape index (κ3) is 5.77. The van der Waals surface area contributed by atoms with Crippen LogP contribution in [0.5, 0.6) is 5.75 Å². The second-order valence-corrected chi connectivity index (χ2v) is 11.2. The number of fused-ring (bicyclic) bond motifs is 1. The first-order valence-electron chi connectivity index (χ1n) is 13.9. The van der Waals surface area contributed by atoms with Crippen molar-refractivity contribution < 1.29 is 18.7 Å². The summed E-state index contributed by atoms with van der Waals surface area (Å²) < 4.78 is 28.8. The number of aromatic nitrogens is 5. The molecule has 4 aromatic heterocycles. The van der Waals surface area contributed by atoms with Gasteiger partial charge in [0.25, 0.3) is 0 Å². The number of pyridine rings is 2. The first-order valence-corrected chi connectivity index (χ1v) is 13.9. The monoisotopic (exact) mass is 559 g/mol. The minimum Gasteiger partial charge on any atom is -0.488 e. The minimum atomic E-state index is -0.451. The standard InChI is InChI=1S/C30H34FN7O3/c1-17-12-33-29(34-13-17)24-11-25(24)30(39)35-28-10-19-9-22(26(31)15-38(19)36-28)23-7-18(2)32-14-27(23)41-21-5-6-37(3)20(8-21)16-40-4/h7,9-10,12-15,20-21,24-25H,5-6,8,11,16H2,1-4H3,(H,35,36,39)/t20-,21+,24-,25+/m1/s1. The molecule has 41 heavy (non-hydrogen) atoms. The van der Waals surface area contributed by atoms with Crippen molar-refractivity contribution in [3.8, 4) is 16.9 Å². The van der Waals surface area contributed by atoms with Crippen molar-refractivity contribution in [1.82, 2.24) is 29.5 Å². The fraction of sp³-hybridized carbons (Fsp3) is 0.433. The molecule has 4 aromatic rings. The van der Waals surface area contributed by atoms with E-state index in [0.29, 0.717) is 47.1 Å². The second kappa shape index (κ2) is 11.1. The van der Waals surface area contributed by atoms with Gasteiger partial charge in [-0.2, -0.15) is 0 Å². The molecule has 0 radical (unpaired) electrons. The van der Waals surface area contributed by atoms with E-state index in [1.54, 1.807) is 37.8 Å². The van der Waals surface area contributed by atoms with E-state index in [0.717, 1.165) is 30.6 Å². The van der Waals surface area contributed by atoms with Gasteiger partial charge in [-0.05, 0) is 51.4 Å². The van der Waals surface area contributed by atoms with E-state index >= 15 is 4.39 Å². The van der Waals surface area contributed by atoms with Gasteiger partial charge < -0.3 is 19.7 Å². The Bertz CT molecular complexity index is 1570. The molecule has 1 saturated heterocycles. The summed E-state index contributed by atoms with van der Waals surface area (Å²) in [6, 6.07) is 5.55. The number of halogens is 1. The van der Waals surface area contributed by atoms with Crippen molar-refractivity contribution in [2.75, 3.05) is 32.6 Å². The molecule has 5 heterocycles. The summed E-state index contributed by atoms with van der Waals surface area (Å²) in [7, 11) is 3.79. The van der Waals surface area contributed by atoms with Crippen molar-refractivity contribution in [1.29, 1.82) is 0 Å². The normalized spacial score (nSPS) is 22.6. The van der Waals surface area contributed by atoms with Gasteiger partial charge in [0.2, 0.25) is 5.91 Å². The quantitative estimate of drug-likeness (QED) is 0.343. The summed E-state index contributed by atoms with van der Waals surface area (Å²) in [5.74, 6) is 0.770. The average molecular weight is 560 g/mol. The van der Waals surface area contributed by atoms with Gasteiger partial charge in [0.05, 0.1) is 24.5 Å². The first kappa shape index (κ1) is 27.2. The molecule has 0 aromatic carbocycles. The summed E-state index contributed by atoms with van der Waals surface area (Å²) >= 11 is 0. The van der Waals surface area contributed by atoms with Crippen LogP contribution in [0.15, 0.2) is 43.0 Å². The lowest BCUT2D eigenvalue weighted by molar-refractivity contribution is -0.117. The molecule has 2 aliphatic rings. The SMILES string of the molecule is COC[C@H]1C[C@@H](Oc2cnc(C)cc2-c2cc3cc(NC(=O)[C@H]4C[C@H]4c4ncc(C)cn4)nn3cc2F)CCN1C. The number of likely N-dealkylation sites (tertiary alicyclic amines) is 1. The van der Waals surface area contributed by atoms with E-state index in [-0.39, 0.29) is 29.9 Å². The van der Waals surface area contributed by atoms with Crippen LogP contribution < -0.4 is 10.1 Å². The number of rotatable bonds is 8. The summed E-state index contributed by atoms with van der Waals surface area (Å²) in [6.45, 7) is 5.31. The third-order valence-electron chi connectivity index (χ3n) is 7.97. The van der Waals surface area contributed by atoms with E-state index in [2.05, 4.69) is 37.3 Å². The molecule has 10 nitrogen and oxygen atoms in total. The van der Waals surface area contributed by atoms with Crippen molar-refractivity contribution in [2.45, 2.75) is 51.2 Å². The van der Waals surface area contributed by atoms with Crippen molar-refractivity contribution >= 4 is 17.2 Å². The Balaban J connectivity index is 1.21. The summed E-state index contributed by atoms with van der Waals surface area (Å²) in [5.41, 5.74) is 3.39. The molecule has 1 aliphatic carbocycles. The minimum absolute atomic E-state index is 0.000583. The smallest absolute Gasteiger partial charge is 0.229 e. The zero-order chi connectivity index (χ0) is 28.7. The van der Waals surface area contributed by atoms with E-state index < -0.39 is 5.82 Å². The van der Waals surface area contributed by atoms with Crippen LogP contribution in [-0.4, -0.2) is 74.8 Å². The molecule has 1 aliphatic heterocycles. The maximum absolute atomic E-state index is 15.5. The maximum atomic E-state index is 15.5. The Hall–Kier alpha value is -3.96. The molecule has 0 bridgehead atoms.